The molecule has 1 unspecified atom stereocenters. The first kappa shape index (κ1) is 23.4. The lowest BCUT2D eigenvalue weighted by atomic mass is 10.1. The van der Waals surface area contributed by atoms with E-state index in [0.717, 1.165) is 57.9 Å². The van der Waals surface area contributed by atoms with Crippen LogP contribution in [0, 0.1) is 5.92 Å². The van der Waals surface area contributed by atoms with Gasteiger partial charge in [-0.1, -0.05) is 0 Å². The number of nitrogens with one attached hydrogen (secondary N) is 2. The van der Waals surface area contributed by atoms with Gasteiger partial charge in [-0.25, -0.2) is 0 Å². The SMILES string of the molecule is CCNC(=NCCCC(=O)NC1CC1)N1CCC(COCCOC)C1.I. The number of likely N-dealkylation sites (tertiary alicyclic amines) is 1. The lowest BCUT2D eigenvalue weighted by Gasteiger charge is -2.21. The third-order valence-corrected chi connectivity index (χ3v) is 4.47. The van der Waals surface area contributed by atoms with Crippen LogP contribution in [-0.2, 0) is 14.3 Å². The van der Waals surface area contributed by atoms with Crippen molar-refractivity contribution < 1.29 is 14.3 Å². The van der Waals surface area contributed by atoms with Gasteiger partial charge in [0.15, 0.2) is 5.96 Å². The van der Waals surface area contributed by atoms with Crippen LogP contribution in [0.25, 0.3) is 0 Å². The van der Waals surface area contributed by atoms with Crippen LogP contribution in [0.4, 0.5) is 0 Å². The van der Waals surface area contributed by atoms with Gasteiger partial charge < -0.3 is 25.0 Å². The van der Waals surface area contributed by atoms with Crippen LogP contribution in [0.1, 0.15) is 39.0 Å². The maximum atomic E-state index is 11.7. The highest BCUT2D eigenvalue weighted by atomic mass is 127. The molecule has 1 amide bonds. The van der Waals surface area contributed by atoms with E-state index in [1.165, 1.54) is 0 Å². The Morgan fingerprint density at radius 3 is 2.77 bits per heavy atom. The Labute approximate surface area is 174 Å². The van der Waals surface area contributed by atoms with Crippen molar-refractivity contribution in [2.45, 2.75) is 45.1 Å². The van der Waals surface area contributed by atoms with Crippen LogP contribution in [0.2, 0.25) is 0 Å². The number of ether oxygens (including phenoxy) is 2. The molecule has 0 aromatic heterocycles. The van der Waals surface area contributed by atoms with E-state index >= 15 is 0 Å². The molecule has 0 aromatic rings. The van der Waals surface area contributed by atoms with Gasteiger partial charge in [0.2, 0.25) is 5.91 Å². The van der Waals surface area contributed by atoms with Gasteiger partial charge in [0, 0.05) is 51.7 Å². The molecular formula is C18H35IN4O3. The van der Waals surface area contributed by atoms with E-state index in [0.29, 0.717) is 38.1 Å². The molecule has 7 nitrogen and oxygen atoms in total. The van der Waals surface area contributed by atoms with Crippen molar-refractivity contribution in [3.63, 3.8) is 0 Å². The van der Waals surface area contributed by atoms with Gasteiger partial charge in [-0.2, -0.15) is 0 Å². The standard InChI is InChI=1S/C18H34N4O3.HI/c1-3-19-18(20-9-4-5-17(23)21-16-6-7-16)22-10-8-15(13-22)14-25-12-11-24-2;/h15-16H,3-14H2,1-2H3,(H,19,20)(H,21,23);1H. The Morgan fingerprint density at radius 2 is 2.08 bits per heavy atom. The minimum atomic E-state index is 0. The Kier molecular flexibility index (Phi) is 12.2. The second kappa shape index (κ2) is 13.5. The minimum absolute atomic E-state index is 0. The van der Waals surface area contributed by atoms with E-state index in [4.69, 9.17) is 14.5 Å². The smallest absolute Gasteiger partial charge is 0.220 e. The van der Waals surface area contributed by atoms with Gasteiger partial charge in [-0.3, -0.25) is 9.79 Å². The molecule has 0 radical (unpaired) electrons. The number of nitrogens with zero attached hydrogens (tertiary/aromatic N) is 2. The van der Waals surface area contributed by atoms with Crippen molar-refractivity contribution >= 4 is 35.8 Å². The summed E-state index contributed by atoms with van der Waals surface area (Å²) in [6.07, 6.45) is 4.76. The van der Waals surface area contributed by atoms with Crippen molar-refractivity contribution in [2.24, 2.45) is 10.9 Å². The fourth-order valence-corrected chi connectivity index (χ4v) is 2.93. The van der Waals surface area contributed by atoms with Crippen LogP contribution in [0.5, 0.6) is 0 Å². The Hall–Kier alpha value is -0.610. The predicted octanol–water partition coefficient (Wildman–Crippen LogP) is 1.61. The van der Waals surface area contributed by atoms with Crippen LogP contribution >= 0.6 is 24.0 Å². The van der Waals surface area contributed by atoms with Crippen LogP contribution in [0.3, 0.4) is 0 Å². The van der Waals surface area contributed by atoms with Gasteiger partial charge in [-0.15, -0.1) is 24.0 Å². The summed E-state index contributed by atoms with van der Waals surface area (Å²) in [5, 5.41) is 6.39. The number of halogens is 1. The quantitative estimate of drug-likeness (QED) is 0.203. The first-order chi connectivity index (χ1) is 12.2. The Morgan fingerprint density at radius 1 is 1.27 bits per heavy atom. The van der Waals surface area contributed by atoms with Crippen molar-refractivity contribution in [1.29, 1.82) is 0 Å². The van der Waals surface area contributed by atoms with Gasteiger partial charge in [0.05, 0.1) is 19.8 Å². The number of aliphatic imine (C=N–C) groups is 1. The van der Waals surface area contributed by atoms with E-state index in [-0.39, 0.29) is 29.9 Å². The highest BCUT2D eigenvalue weighted by molar-refractivity contribution is 14.0. The first-order valence-corrected chi connectivity index (χ1v) is 9.62. The molecule has 1 aliphatic carbocycles. The van der Waals surface area contributed by atoms with E-state index in [1.54, 1.807) is 7.11 Å². The number of carbonyl (C=O) groups excluding carboxylic acids is 1. The molecule has 152 valence electrons. The molecule has 8 heteroatoms. The fourth-order valence-electron chi connectivity index (χ4n) is 2.93. The summed E-state index contributed by atoms with van der Waals surface area (Å²) in [6, 6.07) is 0.445. The Bertz CT molecular complexity index is 433. The molecule has 2 N–H and O–H groups in total. The van der Waals surface area contributed by atoms with E-state index in [9.17, 15) is 4.79 Å². The van der Waals surface area contributed by atoms with Crippen LogP contribution < -0.4 is 10.6 Å². The molecule has 1 aliphatic heterocycles. The number of hydrogen-bond donors (Lipinski definition) is 2. The maximum absolute atomic E-state index is 11.7. The molecule has 1 heterocycles. The largest absolute Gasteiger partial charge is 0.382 e. The molecule has 0 aromatic carbocycles. The highest BCUT2D eigenvalue weighted by Crippen LogP contribution is 2.19. The summed E-state index contributed by atoms with van der Waals surface area (Å²) in [5.74, 6) is 1.67. The zero-order valence-corrected chi connectivity index (χ0v) is 18.5. The number of methoxy groups -OCH3 is 1. The van der Waals surface area contributed by atoms with Crippen molar-refractivity contribution in [3.05, 3.63) is 0 Å². The summed E-state index contributed by atoms with van der Waals surface area (Å²) in [5.41, 5.74) is 0. The summed E-state index contributed by atoms with van der Waals surface area (Å²) in [7, 11) is 1.69. The van der Waals surface area contributed by atoms with Crippen LogP contribution in [0.15, 0.2) is 4.99 Å². The molecule has 2 fully saturated rings. The lowest BCUT2D eigenvalue weighted by Crippen LogP contribution is -2.40. The zero-order valence-electron chi connectivity index (χ0n) is 16.2. The molecule has 0 bridgehead atoms. The first-order valence-electron chi connectivity index (χ1n) is 9.62. The second-order valence-electron chi connectivity index (χ2n) is 6.85. The van der Waals surface area contributed by atoms with E-state index in [1.807, 2.05) is 0 Å². The molecule has 1 saturated heterocycles. The van der Waals surface area contributed by atoms with Gasteiger partial charge in [-0.05, 0) is 32.6 Å². The third kappa shape index (κ3) is 9.36. The molecule has 2 rings (SSSR count). The predicted molar refractivity (Wildman–Crippen MR) is 114 cm³/mol. The van der Waals surface area contributed by atoms with Crippen molar-refractivity contribution in [1.82, 2.24) is 15.5 Å². The average Bonchev–Trinajstić information content (AvgIpc) is 3.29. The van der Waals surface area contributed by atoms with Gasteiger partial charge in [0.1, 0.15) is 0 Å². The van der Waals surface area contributed by atoms with E-state index < -0.39 is 0 Å². The molecule has 1 atom stereocenters. The molecule has 26 heavy (non-hydrogen) atoms. The summed E-state index contributed by atoms with van der Waals surface area (Å²) in [6.45, 7) is 7.69. The van der Waals surface area contributed by atoms with Crippen molar-refractivity contribution in [2.75, 3.05) is 53.1 Å². The van der Waals surface area contributed by atoms with Crippen LogP contribution in [-0.4, -0.2) is 75.9 Å². The third-order valence-electron chi connectivity index (χ3n) is 4.47. The van der Waals surface area contributed by atoms with Gasteiger partial charge in [0.25, 0.3) is 0 Å². The fraction of sp³-hybridized carbons (Fsp3) is 0.889. The van der Waals surface area contributed by atoms with Crippen molar-refractivity contribution in [3.8, 4) is 0 Å². The number of amides is 1. The molecule has 2 aliphatic rings. The second-order valence-corrected chi connectivity index (χ2v) is 6.85. The normalized spacial score (nSPS) is 20.0. The summed E-state index contributed by atoms with van der Waals surface area (Å²) in [4.78, 5) is 18.7. The molecular weight excluding hydrogens is 447 g/mol. The number of hydrogen-bond acceptors (Lipinski definition) is 4. The lowest BCUT2D eigenvalue weighted by molar-refractivity contribution is -0.121. The average molecular weight is 482 g/mol. The Balaban J connectivity index is 0.00000338. The monoisotopic (exact) mass is 482 g/mol. The molecule has 1 saturated carbocycles. The summed E-state index contributed by atoms with van der Waals surface area (Å²) < 4.78 is 10.7. The molecule has 0 spiro atoms. The number of rotatable bonds is 11. The number of guanidine groups is 1. The maximum Gasteiger partial charge on any atom is 0.220 e. The zero-order chi connectivity index (χ0) is 17.9. The highest BCUT2D eigenvalue weighted by Gasteiger charge is 2.25. The summed E-state index contributed by atoms with van der Waals surface area (Å²) >= 11 is 0. The van der Waals surface area contributed by atoms with Gasteiger partial charge >= 0.3 is 0 Å². The van der Waals surface area contributed by atoms with E-state index in [2.05, 4.69) is 22.5 Å². The topological polar surface area (TPSA) is 75.2 Å². The number of carbonyl (C=O) groups is 1. The minimum Gasteiger partial charge on any atom is -0.382 e.